The second-order valence-corrected chi connectivity index (χ2v) is 6.79. The molecule has 1 aliphatic rings. The summed E-state index contributed by atoms with van der Waals surface area (Å²) in [7, 11) is 2.11. The van der Waals surface area contributed by atoms with Crippen molar-refractivity contribution in [3.63, 3.8) is 0 Å². The van der Waals surface area contributed by atoms with Crippen LogP contribution in [-0.2, 0) is 12.8 Å². The van der Waals surface area contributed by atoms with Gasteiger partial charge in [-0.15, -0.1) is 11.3 Å². The number of aliphatic hydroxyl groups is 1. The van der Waals surface area contributed by atoms with E-state index in [9.17, 15) is 5.11 Å². The molecular formula is C15H16ClNOS. The monoisotopic (exact) mass is 293 g/mol. The lowest BCUT2D eigenvalue weighted by Gasteiger charge is -2.14. The van der Waals surface area contributed by atoms with Gasteiger partial charge in [0, 0.05) is 30.6 Å². The largest absolute Gasteiger partial charge is 0.388 e. The van der Waals surface area contributed by atoms with Crippen molar-refractivity contribution < 1.29 is 5.11 Å². The molecule has 1 aliphatic heterocycles. The minimum Gasteiger partial charge on any atom is -0.388 e. The first-order chi connectivity index (χ1) is 9.13. The van der Waals surface area contributed by atoms with Crippen LogP contribution < -0.4 is 4.90 Å². The topological polar surface area (TPSA) is 23.5 Å². The molecule has 2 heterocycles. The van der Waals surface area contributed by atoms with E-state index in [1.165, 1.54) is 22.6 Å². The van der Waals surface area contributed by atoms with Gasteiger partial charge in [-0.1, -0.05) is 23.7 Å². The highest BCUT2D eigenvalue weighted by Crippen LogP contribution is 2.31. The fourth-order valence-corrected chi connectivity index (χ4v) is 3.69. The van der Waals surface area contributed by atoms with Crippen LogP contribution in [0.5, 0.6) is 0 Å². The molecule has 3 rings (SSSR count). The summed E-state index contributed by atoms with van der Waals surface area (Å²) in [6.07, 6.45) is 1.24. The van der Waals surface area contributed by atoms with Crippen molar-refractivity contribution >= 4 is 28.6 Å². The zero-order valence-electron chi connectivity index (χ0n) is 10.8. The van der Waals surface area contributed by atoms with E-state index in [4.69, 9.17) is 11.6 Å². The minimum absolute atomic E-state index is 0.453. The molecule has 100 valence electrons. The van der Waals surface area contributed by atoms with Crippen LogP contribution in [0.2, 0.25) is 4.34 Å². The lowest BCUT2D eigenvalue weighted by atomic mass is 10.0. The quantitative estimate of drug-likeness (QED) is 0.933. The van der Waals surface area contributed by atoms with E-state index in [0.717, 1.165) is 27.7 Å². The fourth-order valence-electron chi connectivity index (χ4n) is 2.56. The van der Waals surface area contributed by atoms with Crippen molar-refractivity contribution in [1.82, 2.24) is 0 Å². The summed E-state index contributed by atoms with van der Waals surface area (Å²) in [5.74, 6) is 0. The van der Waals surface area contributed by atoms with E-state index in [-0.39, 0.29) is 0 Å². The Kier molecular flexibility index (Phi) is 3.52. The number of rotatable bonds is 3. The molecule has 0 aliphatic carbocycles. The molecule has 0 radical (unpaired) electrons. The van der Waals surface area contributed by atoms with E-state index < -0.39 is 6.10 Å². The third-order valence-corrected chi connectivity index (χ3v) is 4.89. The third-order valence-electron chi connectivity index (χ3n) is 3.64. The molecule has 0 bridgehead atoms. The summed E-state index contributed by atoms with van der Waals surface area (Å²) in [6, 6.07) is 10.1. The first kappa shape index (κ1) is 13.0. The van der Waals surface area contributed by atoms with Crippen LogP contribution in [-0.4, -0.2) is 18.7 Å². The van der Waals surface area contributed by atoms with Crippen molar-refractivity contribution in [3.8, 4) is 0 Å². The van der Waals surface area contributed by atoms with Crippen LogP contribution in [0, 0.1) is 0 Å². The number of halogens is 1. The van der Waals surface area contributed by atoms with Crippen LogP contribution in [0.25, 0.3) is 0 Å². The van der Waals surface area contributed by atoms with Gasteiger partial charge >= 0.3 is 0 Å². The Morgan fingerprint density at radius 2 is 2.21 bits per heavy atom. The van der Waals surface area contributed by atoms with Gasteiger partial charge in [0.25, 0.3) is 0 Å². The molecule has 0 saturated heterocycles. The highest BCUT2D eigenvalue weighted by atomic mass is 35.5. The summed E-state index contributed by atoms with van der Waals surface area (Å²) in [5.41, 5.74) is 3.62. The Morgan fingerprint density at radius 3 is 2.95 bits per heavy atom. The zero-order valence-corrected chi connectivity index (χ0v) is 12.3. The molecule has 4 heteroatoms. The maximum absolute atomic E-state index is 10.3. The van der Waals surface area contributed by atoms with Crippen LogP contribution in [0.1, 0.15) is 22.1 Å². The molecule has 0 spiro atoms. The molecule has 0 fully saturated rings. The number of hydrogen-bond donors (Lipinski definition) is 1. The molecule has 19 heavy (non-hydrogen) atoms. The molecular weight excluding hydrogens is 278 g/mol. The lowest BCUT2D eigenvalue weighted by molar-refractivity contribution is 0.179. The highest BCUT2D eigenvalue weighted by molar-refractivity contribution is 7.16. The van der Waals surface area contributed by atoms with E-state index in [1.807, 2.05) is 18.2 Å². The number of aliphatic hydroxyl groups excluding tert-OH is 1. The van der Waals surface area contributed by atoms with Crippen LogP contribution in [0.3, 0.4) is 0 Å². The SMILES string of the molecule is CN1CCc2cc(C(O)Cc3ccc(Cl)s3)ccc21. The van der Waals surface area contributed by atoms with Crippen molar-refractivity contribution in [2.45, 2.75) is 18.9 Å². The molecule has 0 amide bonds. The van der Waals surface area contributed by atoms with E-state index in [1.54, 1.807) is 0 Å². The second kappa shape index (κ2) is 5.16. The van der Waals surface area contributed by atoms with Crippen LogP contribution in [0.4, 0.5) is 5.69 Å². The molecule has 1 aromatic carbocycles. The minimum atomic E-state index is -0.453. The molecule has 1 unspecified atom stereocenters. The third kappa shape index (κ3) is 2.64. The number of likely N-dealkylation sites (N-methyl/N-ethyl adjacent to an activating group) is 1. The molecule has 1 atom stereocenters. The van der Waals surface area contributed by atoms with E-state index in [2.05, 4.69) is 24.1 Å². The maximum Gasteiger partial charge on any atom is 0.0931 e. The number of thiophene rings is 1. The van der Waals surface area contributed by atoms with E-state index in [0.29, 0.717) is 6.42 Å². The first-order valence-corrected chi connectivity index (χ1v) is 7.59. The first-order valence-electron chi connectivity index (χ1n) is 6.40. The average molecular weight is 294 g/mol. The molecule has 1 aromatic heterocycles. The zero-order chi connectivity index (χ0) is 13.4. The van der Waals surface area contributed by atoms with E-state index >= 15 is 0 Å². The van der Waals surface area contributed by atoms with Crippen molar-refractivity contribution in [2.75, 3.05) is 18.5 Å². The van der Waals surface area contributed by atoms with Crippen molar-refractivity contribution in [2.24, 2.45) is 0 Å². The van der Waals surface area contributed by atoms with Gasteiger partial charge in [-0.05, 0) is 35.7 Å². The number of hydrogen-bond acceptors (Lipinski definition) is 3. The van der Waals surface area contributed by atoms with Gasteiger partial charge in [0.1, 0.15) is 0 Å². The standard InChI is InChI=1S/C15H16ClNOS/c1-17-7-6-10-8-11(2-4-13(10)17)14(18)9-12-3-5-15(16)19-12/h2-5,8,14,18H,6-7,9H2,1H3. The van der Waals surface area contributed by atoms with Gasteiger partial charge in [0.05, 0.1) is 10.4 Å². The van der Waals surface area contributed by atoms with Gasteiger partial charge in [0.2, 0.25) is 0 Å². The number of benzene rings is 1. The molecule has 2 nitrogen and oxygen atoms in total. The smallest absolute Gasteiger partial charge is 0.0931 e. The summed E-state index contributed by atoms with van der Waals surface area (Å²) in [5, 5.41) is 10.3. The van der Waals surface area contributed by atoms with Gasteiger partial charge < -0.3 is 10.0 Å². The summed E-state index contributed by atoms with van der Waals surface area (Å²) in [6.45, 7) is 1.06. The summed E-state index contributed by atoms with van der Waals surface area (Å²) >= 11 is 7.45. The number of nitrogens with zero attached hydrogens (tertiary/aromatic N) is 1. The Hall–Kier alpha value is -1.03. The normalized spacial score (nSPS) is 15.6. The van der Waals surface area contributed by atoms with Gasteiger partial charge in [-0.25, -0.2) is 0 Å². The predicted molar refractivity (Wildman–Crippen MR) is 81.4 cm³/mol. The molecule has 1 N–H and O–H groups in total. The van der Waals surface area contributed by atoms with Gasteiger partial charge in [-0.2, -0.15) is 0 Å². The molecule has 0 saturated carbocycles. The summed E-state index contributed by atoms with van der Waals surface area (Å²) < 4.78 is 0.776. The van der Waals surface area contributed by atoms with Crippen LogP contribution >= 0.6 is 22.9 Å². The summed E-state index contributed by atoms with van der Waals surface area (Å²) in [4.78, 5) is 3.37. The Balaban J connectivity index is 1.79. The maximum atomic E-state index is 10.3. The number of anilines is 1. The Bertz CT molecular complexity index is 596. The second-order valence-electron chi connectivity index (χ2n) is 4.99. The fraction of sp³-hybridized carbons (Fsp3) is 0.333. The van der Waals surface area contributed by atoms with Crippen molar-refractivity contribution in [1.29, 1.82) is 0 Å². The van der Waals surface area contributed by atoms with Crippen LogP contribution in [0.15, 0.2) is 30.3 Å². The Labute approximate surface area is 122 Å². The molecule has 2 aromatic rings. The van der Waals surface area contributed by atoms with Crippen molar-refractivity contribution in [3.05, 3.63) is 50.7 Å². The average Bonchev–Trinajstić information content (AvgIpc) is 2.96. The van der Waals surface area contributed by atoms with Gasteiger partial charge in [0.15, 0.2) is 0 Å². The number of fused-ring (bicyclic) bond motifs is 1. The Morgan fingerprint density at radius 1 is 1.37 bits per heavy atom. The van der Waals surface area contributed by atoms with Gasteiger partial charge in [-0.3, -0.25) is 0 Å². The highest BCUT2D eigenvalue weighted by Gasteiger charge is 2.18. The predicted octanol–water partition coefficient (Wildman–Crippen LogP) is 3.67. The lowest BCUT2D eigenvalue weighted by Crippen LogP contribution is -2.12.